The SMILES string of the molecule is CCCCCCCC1(CCCCCCC=CCC(=O)O)OCCO1. The van der Waals surface area contributed by atoms with Gasteiger partial charge in [0.25, 0.3) is 0 Å². The molecule has 0 aromatic rings. The van der Waals surface area contributed by atoms with Crippen LogP contribution in [0, 0.1) is 0 Å². The van der Waals surface area contributed by atoms with Gasteiger partial charge >= 0.3 is 5.97 Å². The Bertz CT molecular complexity index is 346. The smallest absolute Gasteiger partial charge is 0.307 e. The van der Waals surface area contributed by atoms with Gasteiger partial charge in [-0.25, -0.2) is 0 Å². The average molecular weight is 341 g/mol. The number of unbranched alkanes of at least 4 members (excludes halogenated alkanes) is 8. The van der Waals surface area contributed by atoms with Gasteiger partial charge in [-0.3, -0.25) is 4.79 Å². The fraction of sp³-hybridized carbons (Fsp3) is 0.850. The van der Waals surface area contributed by atoms with E-state index in [1.165, 1.54) is 44.9 Å². The van der Waals surface area contributed by atoms with E-state index in [0.29, 0.717) is 0 Å². The van der Waals surface area contributed by atoms with Crippen LogP contribution in [0.4, 0.5) is 0 Å². The van der Waals surface area contributed by atoms with Gasteiger partial charge in [-0.2, -0.15) is 0 Å². The molecule has 1 N–H and O–H groups in total. The second-order valence-electron chi connectivity index (χ2n) is 6.79. The van der Waals surface area contributed by atoms with Crippen molar-refractivity contribution < 1.29 is 19.4 Å². The van der Waals surface area contributed by atoms with E-state index in [-0.39, 0.29) is 12.2 Å². The maximum Gasteiger partial charge on any atom is 0.307 e. The van der Waals surface area contributed by atoms with Gasteiger partial charge in [0.15, 0.2) is 5.79 Å². The van der Waals surface area contributed by atoms with Gasteiger partial charge in [0.05, 0.1) is 19.6 Å². The van der Waals surface area contributed by atoms with Crippen LogP contribution in [0.25, 0.3) is 0 Å². The second kappa shape index (κ2) is 13.4. The molecule has 0 saturated carbocycles. The van der Waals surface area contributed by atoms with Crippen molar-refractivity contribution in [2.24, 2.45) is 0 Å². The molecule has 0 radical (unpaired) electrons. The standard InChI is InChI=1S/C20H36O4/c1-2-3-4-9-12-15-20(23-17-18-24-20)16-13-10-7-5-6-8-11-14-19(21)22/h8,11H,2-7,9-10,12-18H2,1H3,(H,21,22). The zero-order valence-electron chi connectivity index (χ0n) is 15.4. The zero-order valence-corrected chi connectivity index (χ0v) is 15.4. The molecule has 0 amide bonds. The highest BCUT2D eigenvalue weighted by Crippen LogP contribution is 2.31. The number of aliphatic carboxylic acids is 1. The molecule has 0 aromatic heterocycles. The Balaban J connectivity index is 2.06. The van der Waals surface area contributed by atoms with Crippen LogP contribution in [-0.4, -0.2) is 30.1 Å². The molecule has 1 heterocycles. The lowest BCUT2D eigenvalue weighted by Gasteiger charge is -2.27. The Morgan fingerprint density at radius 2 is 1.50 bits per heavy atom. The number of carbonyl (C=O) groups is 1. The summed E-state index contributed by atoms with van der Waals surface area (Å²) in [5, 5.41) is 8.54. The molecule has 0 unspecified atom stereocenters. The number of rotatable bonds is 15. The molecule has 1 aliphatic heterocycles. The van der Waals surface area contributed by atoms with Crippen LogP contribution < -0.4 is 0 Å². The molecule has 140 valence electrons. The summed E-state index contributed by atoms with van der Waals surface area (Å²) in [5.74, 6) is -1.06. The van der Waals surface area contributed by atoms with Crippen LogP contribution in [-0.2, 0) is 14.3 Å². The monoisotopic (exact) mass is 340 g/mol. The lowest BCUT2D eigenvalue weighted by molar-refractivity contribution is -0.168. The van der Waals surface area contributed by atoms with Gasteiger partial charge in [0.1, 0.15) is 0 Å². The minimum atomic E-state index is -0.761. The molecule has 1 saturated heterocycles. The summed E-state index contributed by atoms with van der Waals surface area (Å²) in [6.45, 7) is 3.72. The van der Waals surface area contributed by atoms with Crippen molar-refractivity contribution in [3.63, 3.8) is 0 Å². The van der Waals surface area contributed by atoms with Crippen LogP contribution >= 0.6 is 0 Å². The zero-order chi connectivity index (χ0) is 17.5. The number of allylic oxidation sites excluding steroid dienone is 1. The molecular weight excluding hydrogens is 304 g/mol. The normalized spacial score (nSPS) is 16.9. The molecular formula is C20H36O4. The number of carboxylic acids is 1. The Labute approximate surface area is 147 Å². The molecule has 0 bridgehead atoms. The van der Waals surface area contributed by atoms with Gasteiger partial charge in [-0.05, 0) is 25.7 Å². The third kappa shape index (κ3) is 10.1. The second-order valence-corrected chi connectivity index (χ2v) is 6.79. The first-order valence-corrected chi connectivity index (χ1v) is 9.83. The first-order chi connectivity index (χ1) is 11.7. The highest BCUT2D eigenvalue weighted by Gasteiger charge is 2.34. The van der Waals surface area contributed by atoms with Crippen molar-refractivity contribution in [3.8, 4) is 0 Å². The number of ether oxygens (including phenoxy) is 2. The van der Waals surface area contributed by atoms with Crippen LogP contribution in [0.2, 0.25) is 0 Å². The van der Waals surface area contributed by atoms with E-state index < -0.39 is 5.97 Å². The molecule has 1 aliphatic rings. The van der Waals surface area contributed by atoms with E-state index in [1.807, 2.05) is 6.08 Å². The topological polar surface area (TPSA) is 55.8 Å². The molecule has 1 fully saturated rings. The first kappa shape index (κ1) is 21.2. The quantitative estimate of drug-likeness (QED) is 0.317. The molecule has 0 aliphatic carbocycles. The predicted molar refractivity (Wildman–Crippen MR) is 97.1 cm³/mol. The fourth-order valence-corrected chi connectivity index (χ4v) is 3.22. The van der Waals surface area contributed by atoms with E-state index in [0.717, 1.165) is 45.3 Å². The van der Waals surface area contributed by atoms with Crippen molar-refractivity contribution in [1.82, 2.24) is 0 Å². The largest absolute Gasteiger partial charge is 0.481 e. The van der Waals surface area contributed by atoms with Gasteiger partial charge in [0.2, 0.25) is 0 Å². The third-order valence-corrected chi connectivity index (χ3v) is 4.61. The summed E-state index contributed by atoms with van der Waals surface area (Å²) in [5.41, 5.74) is 0. The van der Waals surface area contributed by atoms with Crippen molar-refractivity contribution in [2.75, 3.05) is 13.2 Å². The van der Waals surface area contributed by atoms with E-state index in [9.17, 15) is 4.79 Å². The summed E-state index contributed by atoms with van der Waals surface area (Å²) < 4.78 is 11.9. The lowest BCUT2D eigenvalue weighted by atomic mass is 9.99. The molecule has 24 heavy (non-hydrogen) atoms. The van der Waals surface area contributed by atoms with Gasteiger partial charge in [0, 0.05) is 12.8 Å². The van der Waals surface area contributed by atoms with E-state index in [1.54, 1.807) is 6.08 Å². The van der Waals surface area contributed by atoms with E-state index in [4.69, 9.17) is 14.6 Å². The number of hydrogen-bond donors (Lipinski definition) is 1. The molecule has 4 nitrogen and oxygen atoms in total. The Kier molecular flexibility index (Phi) is 11.8. The lowest BCUT2D eigenvalue weighted by Crippen LogP contribution is -2.30. The van der Waals surface area contributed by atoms with Crippen LogP contribution in [0.15, 0.2) is 12.2 Å². The summed E-state index contributed by atoms with van der Waals surface area (Å²) in [6.07, 6.45) is 17.9. The maximum absolute atomic E-state index is 10.4. The molecule has 0 atom stereocenters. The molecule has 0 aromatic carbocycles. The van der Waals surface area contributed by atoms with E-state index >= 15 is 0 Å². The summed E-state index contributed by atoms with van der Waals surface area (Å²) in [4.78, 5) is 10.4. The maximum atomic E-state index is 10.4. The predicted octanol–water partition coefficient (Wildman–Crippen LogP) is 5.46. The van der Waals surface area contributed by atoms with E-state index in [2.05, 4.69) is 6.92 Å². The highest BCUT2D eigenvalue weighted by molar-refractivity contribution is 5.68. The van der Waals surface area contributed by atoms with Crippen LogP contribution in [0.1, 0.15) is 90.4 Å². The Morgan fingerprint density at radius 1 is 0.917 bits per heavy atom. The number of hydrogen-bond acceptors (Lipinski definition) is 3. The van der Waals surface area contributed by atoms with Crippen molar-refractivity contribution in [1.29, 1.82) is 0 Å². The van der Waals surface area contributed by atoms with Crippen LogP contribution in [0.3, 0.4) is 0 Å². The Hall–Kier alpha value is -0.870. The van der Waals surface area contributed by atoms with Gasteiger partial charge < -0.3 is 14.6 Å². The van der Waals surface area contributed by atoms with Crippen LogP contribution in [0.5, 0.6) is 0 Å². The highest BCUT2D eigenvalue weighted by atomic mass is 16.7. The van der Waals surface area contributed by atoms with Crippen molar-refractivity contribution in [2.45, 2.75) is 96.2 Å². The minimum Gasteiger partial charge on any atom is -0.481 e. The molecule has 4 heteroatoms. The molecule has 0 spiro atoms. The summed E-state index contributed by atoms with van der Waals surface area (Å²) >= 11 is 0. The number of carboxylic acid groups (broad SMARTS) is 1. The first-order valence-electron chi connectivity index (χ1n) is 9.83. The van der Waals surface area contributed by atoms with Crippen molar-refractivity contribution >= 4 is 5.97 Å². The molecule has 1 rings (SSSR count). The summed E-state index contributed by atoms with van der Waals surface area (Å²) in [6, 6.07) is 0. The van der Waals surface area contributed by atoms with Crippen molar-refractivity contribution in [3.05, 3.63) is 12.2 Å². The third-order valence-electron chi connectivity index (χ3n) is 4.61. The minimum absolute atomic E-state index is 0.134. The van der Waals surface area contributed by atoms with Gasteiger partial charge in [-0.1, -0.05) is 57.6 Å². The summed E-state index contributed by atoms with van der Waals surface area (Å²) in [7, 11) is 0. The fourth-order valence-electron chi connectivity index (χ4n) is 3.22. The average Bonchev–Trinajstić information content (AvgIpc) is 3.02. The van der Waals surface area contributed by atoms with Gasteiger partial charge in [-0.15, -0.1) is 0 Å². The Morgan fingerprint density at radius 3 is 2.08 bits per heavy atom.